The van der Waals surface area contributed by atoms with Crippen molar-refractivity contribution >= 4 is 17.6 Å². The summed E-state index contributed by atoms with van der Waals surface area (Å²) in [6, 6.07) is -0.311. The van der Waals surface area contributed by atoms with Crippen molar-refractivity contribution in [3.63, 3.8) is 0 Å². The highest BCUT2D eigenvalue weighted by Crippen LogP contribution is 2.29. The van der Waals surface area contributed by atoms with Crippen LogP contribution in [0.3, 0.4) is 0 Å². The number of anilines is 3. The molecule has 0 amide bonds. The number of nitrogen functional groups attached to an aromatic ring is 1. The van der Waals surface area contributed by atoms with Gasteiger partial charge in [-0.25, -0.2) is 22.0 Å². The fraction of sp³-hybridized carbons (Fsp3) is 0.100. The lowest BCUT2D eigenvalue weighted by Gasteiger charge is -2.10. The summed E-state index contributed by atoms with van der Waals surface area (Å²) in [6.45, 7) is 0. The molecule has 0 unspecified atom stereocenters. The fourth-order valence-corrected chi connectivity index (χ4v) is 1.35. The van der Waals surface area contributed by atoms with Crippen molar-refractivity contribution in [2.75, 3.05) is 18.2 Å². The van der Waals surface area contributed by atoms with E-state index in [1.54, 1.807) is 0 Å². The Labute approximate surface area is 113 Å². The summed E-state index contributed by atoms with van der Waals surface area (Å²) in [5, 5.41) is 1.85. The van der Waals surface area contributed by atoms with E-state index < -0.39 is 40.7 Å². The predicted octanol–water partition coefficient (Wildman–Crippen LogP) is 1.90. The normalized spacial score (nSPS) is 10.6. The molecular weight excluding hydrogens is 301 g/mol. The van der Waals surface area contributed by atoms with Gasteiger partial charge in [0.15, 0.2) is 23.3 Å². The molecule has 0 bridgehead atoms. The Morgan fingerprint density at radius 3 is 1.90 bits per heavy atom. The van der Waals surface area contributed by atoms with E-state index in [4.69, 9.17) is 5.73 Å². The molecule has 1 heterocycles. The van der Waals surface area contributed by atoms with Crippen LogP contribution in [0.25, 0.3) is 0 Å². The zero-order valence-corrected chi connectivity index (χ0v) is 10.2. The van der Waals surface area contributed by atoms with Crippen molar-refractivity contribution in [1.29, 1.82) is 0 Å². The minimum absolute atomic E-state index is 0.311. The average Bonchev–Trinajstić information content (AvgIpc) is 2.47. The molecule has 0 atom stereocenters. The van der Waals surface area contributed by atoms with Gasteiger partial charge in [0.25, 0.3) is 0 Å². The number of halogens is 5. The largest absolute Gasteiger partial charge is 0.467 e. The van der Waals surface area contributed by atoms with Crippen molar-refractivity contribution in [2.45, 2.75) is 0 Å². The van der Waals surface area contributed by atoms with Crippen LogP contribution in [0.15, 0.2) is 0 Å². The number of nitrogens with zero attached hydrogens (tertiary/aromatic N) is 3. The van der Waals surface area contributed by atoms with E-state index in [9.17, 15) is 22.0 Å². The number of aromatic nitrogens is 3. The Hall–Kier alpha value is -2.72. The van der Waals surface area contributed by atoms with Crippen LogP contribution >= 0.6 is 0 Å². The van der Waals surface area contributed by atoms with Gasteiger partial charge in [-0.3, -0.25) is 0 Å². The summed E-state index contributed by atoms with van der Waals surface area (Å²) in [4.78, 5) is 10.4. The van der Waals surface area contributed by atoms with Crippen molar-refractivity contribution in [2.24, 2.45) is 0 Å². The molecule has 0 fully saturated rings. The fourth-order valence-electron chi connectivity index (χ4n) is 1.35. The summed E-state index contributed by atoms with van der Waals surface area (Å²) < 4.78 is 70.5. The Kier molecular flexibility index (Phi) is 3.74. The molecule has 0 saturated heterocycles. The number of rotatable bonds is 3. The van der Waals surface area contributed by atoms with Crippen LogP contribution in [0.2, 0.25) is 0 Å². The number of methoxy groups -OCH3 is 1. The van der Waals surface area contributed by atoms with Crippen molar-refractivity contribution in [1.82, 2.24) is 15.0 Å². The number of nitrogens with two attached hydrogens (primary N) is 1. The minimum Gasteiger partial charge on any atom is -0.467 e. The predicted molar refractivity (Wildman–Crippen MR) is 60.3 cm³/mol. The van der Waals surface area contributed by atoms with Crippen LogP contribution in [0.1, 0.15) is 0 Å². The van der Waals surface area contributed by atoms with Crippen LogP contribution in [-0.2, 0) is 0 Å². The van der Waals surface area contributed by atoms with E-state index in [2.05, 4.69) is 19.7 Å². The average molecular weight is 307 g/mol. The highest BCUT2D eigenvalue weighted by molar-refractivity contribution is 5.56. The number of hydrogen-bond acceptors (Lipinski definition) is 6. The van der Waals surface area contributed by atoms with Crippen molar-refractivity contribution in [3.8, 4) is 6.01 Å². The molecule has 6 nitrogen and oxygen atoms in total. The van der Waals surface area contributed by atoms with Gasteiger partial charge in [-0.2, -0.15) is 15.0 Å². The van der Waals surface area contributed by atoms with Crippen molar-refractivity contribution in [3.05, 3.63) is 29.1 Å². The van der Waals surface area contributed by atoms with Crippen LogP contribution in [-0.4, -0.2) is 22.1 Å². The second kappa shape index (κ2) is 5.34. The maximum Gasteiger partial charge on any atom is 0.322 e. The van der Waals surface area contributed by atoms with Gasteiger partial charge in [0.2, 0.25) is 17.7 Å². The molecule has 1 aromatic carbocycles. The molecule has 2 rings (SSSR count). The lowest BCUT2D eigenvalue weighted by atomic mass is 10.2. The smallest absolute Gasteiger partial charge is 0.322 e. The minimum atomic E-state index is -2.27. The van der Waals surface area contributed by atoms with Crippen LogP contribution in [0.5, 0.6) is 6.01 Å². The molecule has 0 saturated carbocycles. The third kappa shape index (κ3) is 2.61. The maximum absolute atomic E-state index is 13.5. The Morgan fingerprint density at radius 2 is 1.38 bits per heavy atom. The molecule has 11 heteroatoms. The van der Waals surface area contributed by atoms with Gasteiger partial charge in [-0.05, 0) is 0 Å². The topological polar surface area (TPSA) is 86.0 Å². The van der Waals surface area contributed by atoms with Crippen molar-refractivity contribution < 1.29 is 26.7 Å². The molecule has 1 aromatic heterocycles. The van der Waals surface area contributed by atoms with Gasteiger partial charge in [-0.1, -0.05) is 0 Å². The van der Waals surface area contributed by atoms with Gasteiger partial charge in [0.05, 0.1) is 7.11 Å². The first-order chi connectivity index (χ1) is 9.85. The van der Waals surface area contributed by atoms with Crippen LogP contribution < -0.4 is 15.8 Å². The molecule has 0 aliphatic rings. The van der Waals surface area contributed by atoms with Gasteiger partial charge in [0, 0.05) is 0 Å². The molecule has 0 aliphatic carbocycles. The monoisotopic (exact) mass is 307 g/mol. The highest BCUT2D eigenvalue weighted by Gasteiger charge is 2.26. The molecule has 2 aromatic rings. The lowest BCUT2D eigenvalue weighted by Crippen LogP contribution is -2.10. The number of ether oxygens (including phenoxy) is 1. The summed E-state index contributed by atoms with van der Waals surface area (Å²) in [6.07, 6.45) is 0. The Morgan fingerprint density at radius 1 is 0.857 bits per heavy atom. The summed E-state index contributed by atoms with van der Waals surface area (Å²) in [5.41, 5.74) is 3.95. The van der Waals surface area contributed by atoms with E-state index in [0.717, 1.165) is 0 Å². The molecule has 0 aliphatic heterocycles. The molecule has 0 spiro atoms. The Balaban J connectivity index is 2.52. The standard InChI is InChI=1S/C10H6F5N5O/c1-21-10-19-8(16)18-9(20-10)17-7-5(14)3(12)2(11)4(13)6(7)15/h1H3,(H3,16,17,18,19,20). The second-order valence-corrected chi connectivity index (χ2v) is 3.57. The molecule has 112 valence electrons. The van der Waals surface area contributed by atoms with Crippen LogP contribution in [0.4, 0.5) is 39.5 Å². The summed E-state index contributed by atoms with van der Waals surface area (Å²) in [5.74, 6) is -11.6. The maximum atomic E-state index is 13.5. The number of hydrogen-bond donors (Lipinski definition) is 2. The number of benzene rings is 1. The van der Waals surface area contributed by atoms with Gasteiger partial charge in [-0.15, -0.1) is 0 Å². The first-order valence-corrected chi connectivity index (χ1v) is 5.19. The first kappa shape index (κ1) is 14.7. The van der Waals surface area contributed by atoms with E-state index in [1.807, 2.05) is 5.32 Å². The number of nitrogens with one attached hydrogen (secondary N) is 1. The van der Waals surface area contributed by atoms with Crippen LogP contribution in [0, 0.1) is 29.1 Å². The van der Waals surface area contributed by atoms with E-state index >= 15 is 0 Å². The summed E-state index contributed by atoms with van der Waals surface area (Å²) in [7, 11) is 1.18. The van der Waals surface area contributed by atoms with Gasteiger partial charge >= 0.3 is 6.01 Å². The zero-order chi connectivity index (χ0) is 15.7. The molecular formula is C10H6F5N5O. The van der Waals surface area contributed by atoms with Gasteiger partial charge < -0.3 is 15.8 Å². The SMILES string of the molecule is COc1nc(N)nc(Nc2c(F)c(F)c(F)c(F)c2F)n1. The van der Waals surface area contributed by atoms with E-state index in [-0.39, 0.29) is 12.0 Å². The Bertz CT molecular complexity index is 682. The van der Waals surface area contributed by atoms with E-state index in [1.165, 1.54) is 7.11 Å². The van der Waals surface area contributed by atoms with E-state index in [0.29, 0.717) is 0 Å². The zero-order valence-electron chi connectivity index (χ0n) is 10.2. The quantitative estimate of drug-likeness (QED) is 0.512. The molecule has 21 heavy (non-hydrogen) atoms. The summed E-state index contributed by atoms with van der Waals surface area (Å²) >= 11 is 0. The molecule has 3 N–H and O–H groups in total. The van der Waals surface area contributed by atoms with Gasteiger partial charge in [0.1, 0.15) is 5.69 Å². The highest BCUT2D eigenvalue weighted by atomic mass is 19.2. The third-order valence-electron chi connectivity index (χ3n) is 2.26. The third-order valence-corrected chi connectivity index (χ3v) is 2.26. The first-order valence-electron chi connectivity index (χ1n) is 5.19. The second-order valence-electron chi connectivity index (χ2n) is 3.57. The lowest BCUT2D eigenvalue weighted by molar-refractivity contribution is 0.378. The molecule has 0 radical (unpaired) electrons.